The average molecular weight is 462 g/mol. The molecule has 0 fully saturated rings. The first kappa shape index (κ1) is 23.7. The second-order valence-corrected chi connectivity index (χ2v) is 7.45. The summed E-state index contributed by atoms with van der Waals surface area (Å²) < 4.78 is 11.0. The summed E-state index contributed by atoms with van der Waals surface area (Å²) in [5.74, 6) is 6.11. The van der Waals surface area contributed by atoms with Gasteiger partial charge in [0.2, 0.25) is 0 Å². The standard InChI is InChI=1S/C26H24ClN3O3/c1-3-33-24-19(10-9-17-7-5-4-6-8-17)15-20(27)16-22(24)23(26(31)32-2)30-21-13-11-18(12-14-21)25(28)29/h4-8,11-16,23,30H,3H2,1-2H3,(H3,28,29). The Labute approximate surface area is 198 Å². The van der Waals surface area contributed by atoms with Gasteiger partial charge in [-0.15, -0.1) is 0 Å². The summed E-state index contributed by atoms with van der Waals surface area (Å²) in [6.45, 7) is 2.23. The third-order valence-electron chi connectivity index (χ3n) is 4.74. The van der Waals surface area contributed by atoms with E-state index in [1.54, 1.807) is 36.4 Å². The fourth-order valence-electron chi connectivity index (χ4n) is 3.18. The Hall–Kier alpha value is -3.95. The van der Waals surface area contributed by atoms with Gasteiger partial charge in [-0.25, -0.2) is 4.79 Å². The molecule has 0 aromatic heterocycles. The molecule has 0 bridgehead atoms. The molecule has 0 amide bonds. The van der Waals surface area contributed by atoms with Crippen LogP contribution >= 0.6 is 11.6 Å². The highest BCUT2D eigenvalue weighted by atomic mass is 35.5. The predicted molar refractivity (Wildman–Crippen MR) is 131 cm³/mol. The third kappa shape index (κ3) is 6.06. The van der Waals surface area contributed by atoms with Gasteiger partial charge in [-0.05, 0) is 55.5 Å². The van der Waals surface area contributed by atoms with Crippen LogP contribution in [0.5, 0.6) is 5.75 Å². The third-order valence-corrected chi connectivity index (χ3v) is 4.96. The van der Waals surface area contributed by atoms with Crippen molar-refractivity contribution in [3.63, 3.8) is 0 Å². The van der Waals surface area contributed by atoms with Crippen molar-refractivity contribution in [2.24, 2.45) is 5.73 Å². The average Bonchev–Trinajstić information content (AvgIpc) is 2.83. The number of benzene rings is 3. The van der Waals surface area contributed by atoms with Gasteiger partial charge in [0.05, 0.1) is 19.3 Å². The summed E-state index contributed by atoms with van der Waals surface area (Å²) in [5.41, 5.74) is 8.64. The molecule has 4 N–H and O–H groups in total. The molecule has 0 radical (unpaired) electrons. The summed E-state index contributed by atoms with van der Waals surface area (Å²) in [6, 6.07) is 18.9. The maximum absolute atomic E-state index is 12.8. The van der Waals surface area contributed by atoms with Crippen molar-refractivity contribution in [1.82, 2.24) is 0 Å². The Bertz CT molecular complexity index is 1200. The number of hydrogen-bond donors (Lipinski definition) is 3. The van der Waals surface area contributed by atoms with Gasteiger partial charge in [0, 0.05) is 27.4 Å². The van der Waals surface area contributed by atoms with E-state index in [9.17, 15) is 4.79 Å². The largest absolute Gasteiger partial charge is 0.492 e. The van der Waals surface area contributed by atoms with Gasteiger partial charge in [0.1, 0.15) is 11.6 Å². The highest BCUT2D eigenvalue weighted by Gasteiger charge is 2.27. The van der Waals surface area contributed by atoms with Crippen LogP contribution in [-0.2, 0) is 9.53 Å². The van der Waals surface area contributed by atoms with Crippen molar-refractivity contribution in [2.75, 3.05) is 19.0 Å². The Morgan fingerprint density at radius 1 is 1.12 bits per heavy atom. The van der Waals surface area contributed by atoms with Gasteiger partial charge in [-0.1, -0.05) is 41.6 Å². The van der Waals surface area contributed by atoms with Crippen LogP contribution in [0.1, 0.15) is 35.2 Å². The molecule has 6 nitrogen and oxygen atoms in total. The normalized spacial score (nSPS) is 11.0. The molecule has 0 aliphatic carbocycles. The van der Waals surface area contributed by atoms with E-state index in [1.165, 1.54) is 7.11 Å². The summed E-state index contributed by atoms with van der Waals surface area (Å²) in [5, 5.41) is 11.1. The van der Waals surface area contributed by atoms with E-state index in [2.05, 4.69) is 17.2 Å². The van der Waals surface area contributed by atoms with Crippen LogP contribution in [0.15, 0.2) is 66.7 Å². The summed E-state index contributed by atoms with van der Waals surface area (Å²) in [7, 11) is 1.32. The quantitative estimate of drug-likeness (QED) is 0.204. The Morgan fingerprint density at radius 2 is 1.82 bits per heavy atom. The van der Waals surface area contributed by atoms with Crippen LogP contribution in [0.4, 0.5) is 5.69 Å². The van der Waals surface area contributed by atoms with Gasteiger partial charge < -0.3 is 20.5 Å². The van der Waals surface area contributed by atoms with Crippen LogP contribution in [0.3, 0.4) is 0 Å². The first-order valence-corrected chi connectivity index (χ1v) is 10.6. The zero-order chi connectivity index (χ0) is 23.8. The Kier molecular flexibility index (Phi) is 7.96. The number of nitrogen functional groups attached to an aromatic ring is 1. The van der Waals surface area contributed by atoms with E-state index in [0.717, 1.165) is 5.56 Å². The molecule has 0 aliphatic heterocycles. The number of methoxy groups -OCH3 is 1. The fourth-order valence-corrected chi connectivity index (χ4v) is 3.41. The zero-order valence-corrected chi connectivity index (χ0v) is 19.1. The van der Waals surface area contributed by atoms with Gasteiger partial charge in [-0.3, -0.25) is 5.41 Å². The number of carbonyl (C=O) groups excluding carboxylic acids is 1. The minimum atomic E-state index is -0.907. The van der Waals surface area contributed by atoms with Crippen molar-refractivity contribution in [1.29, 1.82) is 5.41 Å². The molecule has 0 saturated carbocycles. The van der Waals surface area contributed by atoms with E-state index in [0.29, 0.717) is 39.8 Å². The van der Waals surface area contributed by atoms with Gasteiger partial charge in [0.25, 0.3) is 0 Å². The number of hydrogen-bond acceptors (Lipinski definition) is 5. The van der Waals surface area contributed by atoms with Crippen molar-refractivity contribution < 1.29 is 14.3 Å². The first-order chi connectivity index (χ1) is 15.9. The monoisotopic (exact) mass is 461 g/mol. The minimum absolute atomic E-state index is 0.0406. The van der Waals surface area contributed by atoms with E-state index >= 15 is 0 Å². The second kappa shape index (κ2) is 11.1. The number of carbonyl (C=O) groups is 1. The van der Waals surface area contributed by atoms with Crippen LogP contribution in [0.2, 0.25) is 5.02 Å². The molecule has 3 aromatic rings. The molecule has 1 unspecified atom stereocenters. The molecule has 0 aliphatic rings. The Morgan fingerprint density at radius 3 is 2.42 bits per heavy atom. The predicted octanol–water partition coefficient (Wildman–Crippen LogP) is 4.75. The molecular formula is C26H24ClN3O3. The zero-order valence-electron chi connectivity index (χ0n) is 18.3. The molecular weight excluding hydrogens is 438 g/mol. The lowest BCUT2D eigenvalue weighted by atomic mass is 10.0. The fraction of sp³-hybridized carbons (Fsp3) is 0.154. The number of nitrogens with two attached hydrogens (primary N) is 1. The van der Waals surface area contributed by atoms with Crippen LogP contribution < -0.4 is 15.8 Å². The molecule has 0 saturated heterocycles. The van der Waals surface area contributed by atoms with E-state index < -0.39 is 12.0 Å². The molecule has 7 heteroatoms. The number of nitrogens with one attached hydrogen (secondary N) is 2. The molecule has 0 spiro atoms. The van der Waals surface area contributed by atoms with Gasteiger partial charge >= 0.3 is 5.97 Å². The number of rotatable bonds is 7. The van der Waals surface area contributed by atoms with Crippen molar-refractivity contribution in [2.45, 2.75) is 13.0 Å². The summed E-state index contributed by atoms with van der Waals surface area (Å²) >= 11 is 6.41. The lowest BCUT2D eigenvalue weighted by Crippen LogP contribution is -2.23. The maximum Gasteiger partial charge on any atom is 0.333 e. The lowest BCUT2D eigenvalue weighted by Gasteiger charge is -2.22. The smallest absolute Gasteiger partial charge is 0.333 e. The van der Waals surface area contributed by atoms with E-state index in [-0.39, 0.29) is 5.84 Å². The second-order valence-electron chi connectivity index (χ2n) is 7.01. The molecule has 0 heterocycles. The first-order valence-electron chi connectivity index (χ1n) is 10.2. The maximum atomic E-state index is 12.8. The van der Waals surface area contributed by atoms with Crippen molar-refractivity contribution >= 4 is 29.1 Å². The number of amidine groups is 1. The van der Waals surface area contributed by atoms with Gasteiger partial charge in [0.15, 0.2) is 6.04 Å². The van der Waals surface area contributed by atoms with Gasteiger partial charge in [-0.2, -0.15) is 0 Å². The van der Waals surface area contributed by atoms with Crippen LogP contribution in [-0.4, -0.2) is 25.5 Å². The summed E-state index contributed by atoms with van der Waals surface area (Å²) in [4.78, 5) is 12.8. The highest BCUT2D eigenvalue weighted by Crippen LogP contribution is 2.35. The molecule has 168 valence electrons. The SMILES string of the molecule is CCOc1c(C#Cc2ccccc2)cc(Cl)cc1C(Nc1ccc(C(=N)N)cc1)C(=O)OC. The number of anilines is 1. The molecule has 3 rings (SSSR count). The lowest BCUT2D eigenvalue weighted by molar-refractivity contribution is -0.141. The van der Waals surface area contributed by atoms with Crippen LogP contribution in [0, 0.1) is 17.3 Å². The van der Waals surface area contributed by atoms with Crippen molar-refractivity contribution in [3.8, 4) is 17.6 Å². The molecule has 33 heavy (non-hydrogen) atoms. The molecule has 1 atom stereocenters. The van der Waals surface area contributed by atoms with E-state index in [1.807, 2.05) is 37.3 Å². The van der Waals surface area contributed by atoms with Crippen molar-refractivity contribution in [3.05, 3.63) is 94.0 Å². The highest BCUT2D eigenvalue weighted by molar-refractivity contribution is 6.30. The Balaban J connectivity index is 2.07. The number of ether oxygens (including phenoxy) is 2. The summed E-state index contributed by atoms with van der Waals surface area (Å²) in [6.07, 6.45) is 0. The minimum Gasteiger partial charge on any atom is -0.492 e. The van der Waals surface area contributed by atoms with Crippen LogP contribution in [0.25, 0.3) is 0 Å². The number of esters is 1. The van der Waals surface area contributed by atoms with E-state index in [4.69, 9.17) is 32.2 Å². The number of halogens is 1. The topological polar surface area (TPSA) is 97.4 Å². The molecule has 3 aromatic carbocycles.